The third-order valence-electron chi connectivity index (χ3n) is 3.00. The SMILES string of the molecule is COC(=O)[C@@H]1COC[C@@H]1NCc1ccccc1. The highest BCUT2D eigenvalue weighted by molar-refractivity contribution is 5.73. The van der Waals surface area contributed by atoms with Crippen LogP contribution in [0, 0.1) is 5.92 Å². The zero-order chi connectivity index (χ0) is 12.1. The van der Waals surface area contributed by atoms with Crippen LogP contribution in [0.1, 0.15) is 5.56 Å². The fourth-order valence-corrected chi connectivity index (χ4v) is 1.98. The number of rotatable bonds is 4. The Morgan fingerprint density at radius 1 is 1.41 bits per heavy atom. The Labute approximate surface area is 101 Å². The summed E-state index contributed by atoms with van der Waals surface area (Å²) in [5.41, 5.74) is 1.20. The normalized spacial score (nSPS) is 23.6. The van der Waals surface area contributed by atoms with Crippen molar-refractivity contribution in [2.75, 3.05) is 20.3 Å². The van der Waals surface area contributed by atoms with Crippen molar-refractivity contribution < 1.29 is 14.3 Å². The predicted octanol–water partition coefficient (Wildman–Crippen LogP) is 0.964. The Balaban J connectivity index is 1.88. The Morgan fingerprint density at radius 2 is 2.18 bits per heavy atom. The third-order valence-corrected chi connectivity index (χ3v) is 3.00. The Hall–Kier alpha value is -1.39. The van der Waals surface area contributed by atoms with E-state index in [9.17, 15) is 4.79 Å². The van der Waals surface area contributed by atoms with Gasteiger partial charge >= 0.3 is 5.97 Å². The monoisotopic (exact) mass is 235 g/mol. The van der Waals surface area contributed by atoms with Gasteiger partial charge in [-0.2, -0.15) is 0 Å². The van der Waals surface area contributed by atoms with Crippen molar-refractivity contribution in [1.29, 1.82) is 0 Å². The van der Waals surface area contributed by atoms with Crippen molar-refractivity contribution in [2.24, 2.45) is 5.92 Å². The van der Waals surface area contributed by atoms with Crippen molar-refractivity contribution in [2.45, 2.75) is 12.6 Å². The van der Waals surface area contributed by atoms with Gasteiger partial charge in [0.05, 0.1) is 26.2 Å². The number of esters is 1. The van der Waals surface area contributed by atoms with Gasteiger partial charge in [0.25, 0.3) is 0 Å². The number of nitrogens with one attached hydrogen (secondary N) is 1. The van der Waals surface area contributed by atoms with E-state index in [1.165, 1.54) is 12.7 Å². The first-order valence-electron chi connectivity index (χ1n) is 5.74. The summed E-state index contributed by atoms with van der Waals surface area (Å²) in [5, 5.41) is 3.34. The van der Waals surface area contributed by atoms with Gasteiger partial charge in [0.1, 0.15) is 0 Å². The molecule has 0 bridgehead atoms. The molecule has 2 atom stereocenters. The van der Waals surface area contributed by atoms with Gasteiger partial charge < -0.3 is 14.8 Å². The van der Waals surface area contributed by atoms with Crippen LogP contribution in [0.2, 0.25) is 0 Å². The second-order valence-corrected chi connectivity index (χ2v) is 4.14. The molecule has 1 aliphatic rings. The average Bonchev–Trinajstić information content (AvgIpc) is 2.85. The van der Waals surface area contributed by atoms with E-state index in [2.05, 4.69) is 17.4 Å². The second-order valence-electron chi connectivity index (χ2n) is 4.14. The van der Waals surface area contributed by atoms with Gasteiger partial charge in [-0.15, -0.1) is 0 Å². The molecule has 1 saturated heterocycles. The van der Waals surface area contributed by atoms with Crippen LogP contribution in [0.25, 0.3) is 0 Å². The van der Waals surface area contributed by atoms with Gasteiger partial charge in [-0.25, -0.2) is 0 Å². The molecule has 0 spiro atoms. The van der Waals surface area contributed by atoms with Crippen LogP contribution in [0.4, 0.5) is 0 Å². The van der Waals surface area contributed by atoms with Gasteiger partial charge in [0.15, 0.2) is 0 Å². The lowest BCUT2D eigenvalue weighted by Gasteiger charge is -2.17. The summed E-state index contributed by atoms with van der Waals surface area (Å²) in [6, 6.07) is 10.1. The molecule has 1 aromatic rings. The minimum absolute atomic E-state index is 0.0441. The minimum Gasteiger partial charge on any atom is -0.469 e. The molecule has 0 unspecified atom stereocenters. The van der Waals surface area contributed by atoms with Crippen molar-refractivity contribution in [3.63, 3.8) is 0 Å². The lowest BCUT2D eigenvalue weighted by atomic mass is 10.0. The molecule has 0 radical (unpaired) electrons. The molecular weight excluding hydrogens is 218 g/mol. The van der Waals surface area contributed by atoms with Crippen LogP contribution < -0.4 is 5.32 Å². The fourth-order valence-electron chi connectivity index (χ4n) is 1.98. The molecular formula is C13H17NO3. The van der Waals surface area contributed by atoms with E-state index >= 15 is 0 Å². The van der Waals surface area contributed by atoms with Gasteiger partial charge in [-0.05, 0) is 5.56 Å². The van der Waals surface area contributed by atoms with E-state index in [0.717, 1.165) is 6.54 Å². The van der Waals surface area contributed by atoms with Crippen LogP contribution in [-0.4, -0.2) is 32.3 Å². The van der Waals surface area contributed by atoms with Crippen LogP contribution >= 0.6 is 0 Å². The Morgan fingerprint density at radius 3 is 2.88 bits per heavy atom. The molecule has 17 heavy (non-hydrogen) atoms. The van der Waals surface area contributed by atoms with Crippen molar-refractivity contribution in [1.82, 2.24) is 5.32 Å². The standard InChI is InChI=1S/C13H17NO3/c1-16-13(15)11-8-17-9-12(11)14-7-10-5-3-2-4-6-10/h2-6,11-12,14H,7-9H2,1H3/t11-,12+/m1/s1. The number of hydrogen-bond donors (Lipinski definition) is 1. The molecule has 4 nitrogen and oxygen atoms in total. The summed E-state index contributed by atoms with van der Waals surface area (Å²) >= 11 is 0. The topological polar surface area (TPSA) is 47.6 Å². The maximum Gasteiger partial charge on any atom is 0.312 e. The van der Waals surface area contributed by atoms with Crippen LogP contribution in [-0.2, 0) is 20.8 Å². The number of carbonyl (C=O) groups is 1. The molecule has 0 aliphatic carbocycles. The summed E-state index contributed by atoms with van der Waals surface area (Å²) < 4.78 is 10.1. The summed E-state index contributed by atoms with van der Waals surface area (Å²) in [6.45, 7) is 1.74. The molecule has 1 N–H and O–H groups in total. The van der Waals surface area contributed by atoms with Crippen molar-refractivity contribution in [3.8, 4) is 0 Å². The molecule has 2 rings (SSSR count). The first kappa shape index (κ1) is 12.1. The smallest absolute Gasteiger partial charge is 0.312 e. The van der Waals surface area contributed by atoms with E-state index < -0.39 is 0 Å². The molecule has 1 aliphatic heterocycles. The van der Waals surface area contributed by atoms with Crippen LogP contribution in [0.3, 0.4) is 0 Å². The van der Waals surface area contributed by atoms with Gasteiger partial charge in [0.2, 0.25) is 0 Å². The van der Waals surface area contributed by atoms with E-state index in [0.29, 0.717) is 13.2 Å². The molecule has 1 fully saturated rings. The fraction of sp³-hybridized carbons (Fsp3) is 0.462. The molecule has 1 heterocycles. The maximum atomic E-state index is 11.5. The van der Waals surface area contributed by atoms with Crippen molar-refractivity contribution in [3.05, 3.63) is 35.9 Å². The van der Waals surface area contributed by atoms with E-state index in [4.69, 9.17) is 9.47 Å². The second kappa shape index (κ2) is 5.80. The summed E-state index contributed by atoms with van der Waals surface area (Å²) in [6.07, 6.45) is 0. The predicted molar refractivity (Wildman–Crippen MR) is 63.4 cm³/mol. The maximum absolute atomic E-state index is 11.5. The zero-order valence-electron chi connectivity index (χ0n) is 9.89. The van der Waals surface area contributed by atoms with E-state index in [-0.39, 0.29) is 17.9 Å². The third kappa shape index (κ3) is 3.05. The lowest BCUT2D eigenvalue weighted by Crippen LogP contribution is -2.39. The molecule has 0 aromatic heterocycles. The van der Waals surface area contributed by atoms with E-state index in [1.54, 1.807) is 0 Å². The summed E-state index contributed by atoms with van der Waals surface area (Å²) in [4.78, 5) is 11.5. The highest BCUT2D eigenvalue weighted by atomic mass is 16.5. The van der Waals surface area contributed by atoms with Crippen LogP contribution in [0.5, 0.6) is 0 Å². The molecule has 4 heteroatoms. The summed E-state index contributed by atoms with van der Waals surface area (Å²) in [7, 11) is 1.41. The minimum atomic E-state index is -0.201. The van der Waals surface area contributed by atoms with Crippen LogP contribution in [0.15, 0.2) is 30.3 Å². The van der Waals surface area contributed by atoms with Gasteiger partial charge in [-0.1, -0.05) is 30.3 Å². The lowest BCUT2D eigenvalue weighted by molar-refractivity contribution is -0.145. The number of methoxy groups -OCH3 is 1. The zero-order valence-corrected chi connectivity index (χ0v) is 9.89. The number of carbonyl (C=O) groups excluding carboxylic acids is 1. The largest absolute Gasteiger partial charge is 0.469 e. The van der Waals surface area contributed by atoms with Gasteiger partial charge in [0, 0.05) is 12.6 Å². The highest BCUT2D eigenvalue weighted by Crippen LogP contribution is 2.15. The quantitative estimate of drug-likeness (QED) is 0.790. The molecule has 1 aromatic carbocycles. The number of ether oxygens (including phenoxy) is 2. The van der Waals surface area contributed by atoms with Gasteiger partial charge in [-0.3, -0.25) is 4.79 Å². The number of hydrogen-bond acceptors (Lipinski definition) is 4. The Kier molecular flexibility index (Phi) is 4.12. The number of benzene rings is 1. The first-order chi connectivity index (χ1) is 8.31. The molecule has 0 saturated carbocycles. The molecule has 0 amide bonds. The van der Waals surface area contributed by atoms with E-state index in [1.807, 2.05) is 18.2 Å². The molecule has 92 valence electrons. The Bertz CT molecular complexity index is 366. The highest BCUT2D eigenvalue weighted by Gasteiger charge is 2.34. The average molecular weight is 235 g/mol. The van der Waals surface area contributed by atoms with Crippen molar-refractivity contribution >= 4 is 5.97 Å². The summed E-state index contributed by atoms with van der Waals surface area (Å²) in [5.74, 6) is -0.392. The first-order valence-corrected chi connectivity index (χ1v) is 5.74.